The van der Waals surface area contributed by atoms with Crippen LogP contribution in [0, 0.1) is 5.92 Å². The molecule has 222 valence electrons. The van der Waals surface area contributed by atoms with Gasteiger partial charge in [0.15, 0.2) is 0 Å². The van der Waals surface area contributed by atoms with Gasteiger partial charge in [-0.05, 0) is 85.5 Å². The molecular formula is C32H36F3N5O2. The van der Waals surface area contributed by atoms with Crippen LogP contribution in [-0.4, -0.2) is 45.3 Å². The Hall–Kier alpha value is -3.40. The fourth-order valence-corrected chi connectivity index (χ4v) is 7.49. The number of amides is 1. The van der Waals surface area contributed by atoms with Crippen LogP contribution in [0.15, 0.2) is 30.6 Å². The van der Waals surface area contributed by atoms with Gasteiger partial charge in [-0.2, -0.15) is 13.2 Å². The molecular weight excluding hydrogens is 543 g/mol. The number of fused-ring (bicyclic) bond motifs is 2. The van der Waals surface area contributed by atoms with Crippen LogP contribution in [0.2, 0.25) is 0 Å². The standard InChI is InChI=1S/C32H36F3N5O2/c1-3-39-19-36-37-30(39)31(8-5-9-31)23-14-22-7-11-42-28(22)27(15-23)40-18-25-24(29(40)41)12-21(13-26(25)32(33,34)35)17-38-10-4-6-20(2)16-38/h12-15,19-20H,3-11,16-18H2,1-2H3/t20-/m0/s1. The number of hydrogen-bond acceptors (Lipinski definition) is 5. The molecule has 3 aliphatic heterocycles. The molecule has 0 radical (unpaired) electrons. The number of nitrogens with zero attached hydrogens (tertiary/aromatic N) is 5. The van der Waals surface area contributed by atoms with Gasteiger partial charge >= 0.3 is 6.18 Å². The van der Waals surface area contributed by atoms with Crippen LogP contribution in [0.3, 0.4) is 0 Å². The molecule has 4 heterocycles. The van der Waals surface area contributed by atoms with Gasteiger partial charge in [0.05, 0.1) is 29.8 Å². The first-order valence-corrected chi connectivity index (χ1v) is 15.1. The first-order chi connectivity index (χ1) is 20.2. The number of benzene rings is 2. The molecule has 0 unspecified atom stereocenters. The van der Waals surface area contributed by atoms with Crippen molar-refractivity contribution in [3.8, 4) is 5.75 Å². The lowest BCUT2D eigenvalue weighted by Crippen LogP contribution is -2.38. The molecule has 0 spiro atoms. The zero-order valence-corrected chi connectivity index (χ0v) is 24.1. The van der Waals surface area contributed by atoms with Crippen LogP contribution >= 0.6 is 0 Å². The van der Waals surface area contributed by atoms with E-state index in [0.717, 1.165) is 68.7 Å². The Balaban J connectivity index is 1.29. The molecule has 0 bridgehead atoms. The maximum atomic E-state index is 14.5. The van der Waals surface area contributed by atoms with Crippen molar-refractivity contribution < 1.29 is 22.7 Å². The Kier molecular flexibility index (Phi) is 6.60. The fraction of sp³-hybridized carbons (Fsp3) is 0.531. The van der Waals surface area contributed by atoms with Gasteiger partial charge in [0, 0.05) is 31.6 Å². The van der Waals surface area contributed by atoms with Crippen LogP contribution in [0.25, 0.3) is 0 Å². The molecule has 10 heteroatoms. The first-order valence-electron chi connectivity index (χ1n) is 15.1. The molecule has 1 saturated carbocycles. The molecule has 4 aliphatic rings. The molecule has 3 aromatic rings. The number of likely N-dealkylation sites (tertiary alicyclic amines) is 1. The summed E-state index contributed by atoms with van der Waals surface area (Å²) in [6.07, 6.45) is 2.87. The number of carbonyl (C=O) groups is 1. The molecule has 2 aromatic carbocycles. The maximum Gasteiger partial charge on any atom is 0.416 e. The maximum absolute atomic E-state index is 14.5. The zero-order chi connectivity index (χ0) is 29.2. The lowest BCUT2D eigenvalue weighted by atomic mass is 9.63. The Labute approximate surface area is 243 Å². The van der Waals surface area contributed by atoms with E-state index < -0.39 is 17.6 Å². The number of halogens is 3. The van der Waals surface area contributed by atoms with Crippen molar-refractivity contribution in [2.24, 2.45) is 5.92 Å². The van der Waals surface area contributed by atoms with Crippen molar-refractivity contribution in [3.05, 3.63) is 69.8 Å². The molecule has 1 amide bonds. The number of ether oxygens (including phenoxy) is 1. The van der Waals surface area contributed by atoms with E-state index >= 15 is 0 Å². The minimum atomic E-state index is -4.56. The topological polar surface area (TPSA) is 63.5 Å². The average Bonchev–Trinajstić information content (AvgIpc) is 3.66. The van der Waals surface area contributed by atoms with Crippen LogP contribution in [0.5, 0.6) is 5.75 Å². The second kappa shape index (κ2) is 10.1. The average molecular weight is 580 g/mol. The van der Waals surface area contributed by atoms with Crippen molar-refractivity contribution in [3.63, 3.8) is 0 Å². The third kappa shape index (κ3) is 4.41. The highest BCUT2D eigenvalue weighted by Crippen LogP contribution is 2.52. The molecule has 0 N–H and O–H groups in total. The van der Waals surface area contributed by atoms with Crippen LogP contribution in [-0.2, 0) is 37.6 Å². The van der Waals surface area contributed by atoms with Gasteiger partial charge < -0.3 is 14.2 Å². The third-order valence-electron chi connectivity index (χ3n) is 9.75. The van der Waals surface area contributed by atoms with Crippen LogP contribution in [0.4, 0.5) is 18.9 Å². The summed E-state index contributed by atoms with van der Waals surface area (Å²) < 4.78 is 51.5. The summed E-state index contributed by atoms with van der Waals surface area (Å²) in [6.45, 7) is 7.42. The van der Waals surface area contributed by atoms with Gasteiger partial charge in [-0.25, -0.2) is 0 Å². The highest BCUT2D eigenvalue weighted by atomic mass is 19.4. The van der Waals surface area contributed by atoms with E-state index in [1.807, 2.05) is 6.07 Å². The van der Waals surface area contributed by atoms with Gasteiger partial charge in [0.2, 0.25) is 0 Å². The summed E-state index contributed by atoms with van der Waals surface area (Å²) in [5.41, 5.74) is 2.23. The summed E-state index contributed by atoms with van der Waals surface area (Å²) >= 11 is 0. The van der Waals surface area contributed by atoms with E-state index in [2.05, 4.69) is 39.6 Å². The number of aromatic nitrogens is 3. The Morgan fingerprint density at radius 2 is 1.98 bits per heavy atom. The molecule has 42 heavy (non-hydrogen) atoms. The number of hydrogen-bond donors (Lipinski definition) is 0. The zero-order valence-electron chi connectivity index (χ0n) is 24.1. The van der Waals surface area contributed by atoms with Crippen LogP contribution < -0.4 is 9.64 Å². The third-order valence-corrected chi connectivity index (χ3v) is 9.75. The van der Waals surface area contributed by atoms with Gasteiger partial charge in [-0.1, -0.05) is 19.4 Å². The van der Waals surface area contributed by atoms with E-state index in [1.165, 1.54) is 11.0 Å². The molecule has 1 atom stereocenters. The Bertz CT molecular complexity index is 1540. The lowest BCUT2D eigenvalue weighted by molar-refractivity contribution is -0.138. The normalized spacial score (nSPS) is 21.7. The number of piperidine rings is 1. The van der Waals surface area contributed by atoms with E-state index in [9.17, 15) is 18.0 Å². The largest absolute Gasteiger partial charge is 0.491 e. The monoisotopic (exact) mass is 579 g/mol. The van der Waals surface area contributed by atoms with Crippen LogP contribution in [0.1, 0.15) is 90.0 Å². The molecule has 2 fully saturated rings. The van der Waals surface area contributed by atoms with Crippen molar-refractivity contribution in [2.45, 2.75) is 83.6 Å². The van der Waals surface area contributed by atoms with Crippen molar-refractivity contribution >= 4 is 11.6 Å². The first kappa shape index (κ1) is 27.4. The predicted molar refractivity (Wildman–Crippen MR) is 152 cm³/mol. The van der Waals surface area contributed by atoms with E-state index in [4.69, 9.17) is 4.74 Å². The molecule has 1 aliphatic carbocycles. The summed E-state index contributed by atoms with van der Waals surface area (Å²) in [7, 11) is 0. The number of rotatable bonds is 6. The summed E-state index contributed by atoms with van der Waals surface area (Å²) in [5.74, 6) is 1.60. The second-order valence-electron chi connectivity index (χ2n) is 12.5. The Morgan fingerprint density at radius 3 is 2.69 bits per heavy atom. The molecule has 7 rings (SSSR count). The van der Waals surface area contributed by atoms with Crippen molar-refractivity contribution in [1.82, 2.24) is 19.7 Å². The van der Waals surface area contributed by atoms with Gasteiger partial charge in [-0.15, -0.1) is 10.2 Å². The molecule has 7 nitrogen and oxygen atoms in total. The minimum Gasteiger partial charge on any atom is -0.491 e. The number of carbonyl (C=O) groups excluding carboxylic acids is 1. The second-order valence-corrected chi connectivity index (χ2v) is 12.5. The molecule has 1 saturated heterocycles. The quantitative estimate of drug-likeness (QED) is 0.353. The van der Waals surface area contributed by atoms with Crippen molar-refractivity contribution in [1.29, 1.82) is 0 Å². The van der Waals surface area contributed by atoms with Gasteiger partial charge in [-0.3, -0.25) is 9.69 Å². The fourth-order valence-electron chi connectivity index (χ4n) is 7.49. The van der Waals surface area contributed by atoms with E-state index in [-0.39, 0.29) is 23.1 Å². The lowest BCUT2D eigenvalue weighted by Gasteiger charge is -2.42. The highest BCUT2D eigenvalue weighted by molar-refractivity contribution is 6.11. The number of alkyl halides is 3. The minimum absolute atomic E-state index is 0.0458. The van der Waals surface area contributed by atoms with Gasteiger partial charge in [0.1, 0.15) is 17.9 Å². The number of aryl methyl sites for hydroxylation is 1. The number of anilines is 1. The van der Waals surface area contributed by atoms with E-state index in [1.54, 1.807) is 12.4 Å². The summed E-state index contributed by atoms with van der Waals surface area (Å²) in [4.78, 5) is 17.7. The SMILES string of the molecule is CCn1cnnc1C1(c2cc3c(c(N4Cc5c(cc(CN6CCC[C@H](C)C6)cc5C(F)(F)F)C4=O)c2)OCC3)CCC1. The predicted octanol–water partition coefficient (Wildman–Crippen LogP) is 6.11. The summed E-state index contributed by atoms with van der Waals surface area (Å²) in [6, 6.07) is 7.05. The van der Waals surface area contributed by atoms with Gasteiger partial charge in [0.25, 0.3) is 5.91 Å². The molecule has 1 aromatic heterocycles. The smallest absolute Gasteiger partial charge is 0.416 e. The summed E-state index contributed by atoms with van der Waals surface area (Å²) in [5, 5.41) is 8.68. The van der Waals surface area contributed by atoms with E-state index in [0.29, 0.717) is 42.5 Å². The highest BCUT2D eigenvalue weighted by Gasteiger charge is 2.47. The van der Waals surface area contributed by atoms with Crippen molar-refractivity contribution in [2.75, 3.05) is 24.6 Å². The Morgan fingerprint density at radius 1 is 1.14 bits per heavy atom.